The number of hydrogen-bond donors (Lipinski definition) is 0. The Morgan fingerprint density at radius 2 is 1.55 bits per heavy atom. The molecule has 1 heterocycles. The second-order valence-electron chi connectivity index (χ2n) is 8.10. The van der Waals surface area contributed by atoms with Gasteiger partial charge in [0.05, 0.1) is 0 Å². The molecule has 0 bridgehead atoms. The van der Waals surface area contributed by atoms with Crippen molar-refractivity contribution in [3.63, 3.8) is 0 Å². The van der Waals surface area contributed by atoms with E-state index in [9.17, 15) is 0 Å². The Labute approximate surface area is 144 Å². The molecule has 0 N–H and O–H groups in total. The van der Waals surface area contributed by atoms with Crippen LogP contribution in [0.3, 0.4) is 0 Å². The fourth-order valence-corrected chi connectivity index (χ4v) is 2.12. The number of allylic oxidation sites excluding steroid dienone is 2. The van der Waals surface area contributed by atoms with Gasteiger partial charge in [0.15, 0.2) is 0 Å². The first-order valence-corrected chi connectivity index (χ1v) is 9.74. The minimum atomic E-state index is 0.437. The highest BCUT2D eigenvalue weighted by atomic mass is 32.1. The van der Waals surface area contributed by atoms with E-state index in [-0.39, 0.29) is 0 Å². The molecule has 0 nitrogen and oxygen atoms in total. The van der Waals surface area contributed by atoms with Crippen molar-refractivity contribution in [1.29, 1.82) is 0 Å². The van der Waals surface area contributed by atoms with E-state index in [0.29, 0.717) is 10.8 Å². The Morgan fingerprint density at radius 1 is 0.909 bits per heavy atom. The summed E-state index contributed by atoms with van der Waals surface area (Å²) in [7, 11) is 0. The zero-order chi connectivity index (χ0) is 17.1. The fraction of sp³-hybridized carbons (Fsp3) is 0.714. The molecule has 0 fully saturated rings. The summed E-state index contributed by atoms with van der Waals surface area (Å²) in [5.41, 5.74) is 0.875. The van der Waals surface area contributed by atoms with Gasteiger partial charge in [0.25, 0.3) is 0 Å². The van der Waals surface area contributed by atoms with E-state index < -0.39 is 0 Å². The molecule has 128 valence electrons. The van der Waals surface area contributed by atoms with Crippen LogP contribution in [0.2, 0.25) is 0 Å². The Morgan fingerprint density at radius 3 is 2.00 bits per heavy atom. The summed E-state index contributed by atoms with van der Waals surface area (Å²) in [6.07, 6.45) is 12.5. The maximum atomic E-state index is 2.33. The molecule has 1 rings (SSSR count). The van der Waals surface area contributed by atoms with Gasteiger partial charge in [-0.3, -0.25) is 0 Å². The first kappa shape index (κ1) is 21.4. The van der Waals surface area contributed by atoms with E-state index in [1.54, 1.807) is 0 Å². The number of unbranched alkanes of at least 4 members (excludes halogenated alkanes) is 4. The quantitative estimate of drug-likeness (QED) is 0.353. The van der Waals surface area contributed by atoms with Gasteiger partial charge in [-0.15, -0.1) is 11.3 Å². The molecule has 0 radical (unpaired) electrons. The van der Waals surface area contributed by atoms with E-state index in [1.807, 2.05) is 11.3 Å². The highest BCUT2D eigenvalue weighted by Crippen LogP contribution is 2.36. The lowest BCUT2D eigenvalue weighted by Gasteiger charge is -2.34. The van der Waals surface area contributed by atoms with Crippen LogP contribution < -0.4 is 0 Å². The average Bonchev–Trinajstić information content (AvgIpc) is 2.89. The maximum absolute atomic E-state index is 2.33. The van der Waals surface area contributed by atoms with E-state index in [2.05, 4.69) is 78.1 Å². The molecule has 0 unspecified atom stereocenters. The van der Waals surface area contributed by atoms with Crippen molar-refractivity contribution >= 4 is 11.3 Å². The summed E-state index contributed by atoms with van der Waals surface area (Å²) in [6.45, 7) is 15.9. The van der Waals surface area contributed by atoms with Gasteiger partial charge in [-0.2, -0.15) is 0 Å². The largest absolute Gasteiger partial charge is 0.149 e. The van der Waals surface area contributed by atoms with Gasteiger partial charge in [0, 0.05) is 4.88 Å². The summed E-state index contributed by atoms with van der Waals surface area (Å²) < 4.78 is 0. The first-order chi connectivity index (χ1) is 10.2. The van der Waals surface area contributed by atoms with Gasteiger partial charge in [0.1, 0.15) is 0 Å². The van der Waals surface area contributed by atoms with E-state index in [4.69, 9.17) is 0 Å². The van der Waals surface area contributed by atoms with E-state index in [1.165, 1.54) is 37.0 Å². The van der Waals surface area contributed by atoms with Gasteiger partial charge in [-0.1, -0.05) is 85.9 Å². The van der Waals surface area contributed by atoms with Crippen LogP contribution in [-0.2, 0) is 6.42 Å². The normalized spacial score (nSPS) is 12.3. The first-order valence-electron chi connectivity index (χ1n) is 8.86. The molecule has 0 amide bonds. The van der Waals surface area contributed by atoms with Crippen LogP contribution in [0.1, 0.15) is 85.4 Å². The smallest absolute Gasteiger partial charge is 0.00828 e. The molecule has 0 aromatic carbocycles. The third-order valence-electron chi connectivity index (χ3n) is 4.54. The molecule has 0 aliphatic carbocycles. The van der Waals surface area contributed by atoms with Crippen LogP contribution in [0.4, 0.5) is 0 Å². The molecule has 0 saturated heterocycles. The zero-order valence-corrected chi connectivity index (χ0v) is 16.9. The lowest BCUT2D eigenvalue weighted by Crippen LogP contribution is -2.25. The van der Waals surface area contributed by atoms with Crippen molar-refractivity contribution < 1.29 is 0 Å². The van der Waals surface area contributed by atoms with E-state index >= 15 is 0 Å². The molecule has 0 spiro atoms. The standard InChI is InChI=1S/C13H20S.C8H18/c1-2-3-4-5-6-7-8-10-13-11-9-12-14-13;1-7(2,3)8(4,5)6/h7-9,11-12H,2-6,10H2,1H3;1-6H3/b8-7+;. The summed E-state index contributed by atoms with van der Waals surface area (Å²) >= 11 is 1.84. The Kier molecular flexibility index (Phi) is 10.8. The summed E-state index contributed by atoms with van der Waals surface area (Å²) in [4.78, 5) is 1.47. The molecular weight excluding hydrogens is 284 g/mol. The van der Waals surface area contributed by atoms with Gasteiger partial charge in [-0.25, -0.2) is 0 Å². The van der Waals surface area contributed by atoms with Crippen LogP contribution in [0.15, 0.2) is 29.7 Å². The van der Waals surface area contributed by atoms with Crippen molar-refractivity contribution in [3.05, 3.63) is 34.5 Å². The number of thiophene rings is 1. The van der Waals surface area contributed by atoms with Crippen LogP contribution in [0.25, 0.3) is 0 Å². The third-order valence-corrected chi connectivity index (χ3v) is 5.44. The molecule has 1 heteroatoms. The van der Waals surface area contributed by atoms with Gasteiger partial charge in [-0.05, 0) is 41.5 Å². The minimum absolute atomic E-state index is 0.437. The lowest BCUT2D eigenvalue weighted by molar-refractivity contribution is 0.157. The number of hydrogen-bond acceptors (Lipinski definition) is 1. The average molecular weight is 323 g/mol. The van der Waals surface area contributed by atoms with Crippen LogP contribution in [0, 0.1) is 10.8 Å². The van der Waals surface area contributed by atoms with Crippen molar-refractivity contribution in [3.8, 4) is 0 Å². The van der Waals surface area contributed by atoms with E-state index in [0.717, 1.165) is 6.42 Å². The van der Waals surface area contributed by atoms with Gasteiger partial charge < -0.3 is 0 Å². The third kappa shape index (κ3) is 11.1. The molecule has 0 aliphatic heterocycles. The monoisotopic (exact) mass is 322 g/mol. The predicted octanol–water partition coefficient (Wildman–Crippen LogP) is 7.90. The Bertz CT molecular complexity index is 359. The molecule has 22 heavy (non-hydrogen) atoms. The highest BCUT2D eigenvalue weighted by Gasteiger charge is 2.26. The topological polar surface area (TPSA) is 0 Å². The Balaban J connectivity index is 0.000000472. The van der Waals surface area contributed by atoms with Crippen molar-refractivity contribution in [2.24, 2.45) is 10.8 Å². The molecule has 0 atom stereocenters. The van der Waals surface area contributed by atoms with Gasteiger partial charge in [0.2, 0.25) is 0 Å². The Hall–Kier alpha value is -0.560. The van der Waals surface area contributed by atoms with Crippen molar-refractivity contribution in [1.82, 2.24) is 0 Å². The highest BCUT2D eigenvalue weighted by molar-refractivity contribution is 7.09. The summed E-state index contributed by atoms with van der Waals surface area (Å²) in [5.74, 6) is 0. The van der Waals surface area contributed by atoms with Crippen molar-refractivity contribution in [2.75, 3.05) is 0 Å². The van der Waals surface area contributed by atoms with Crippen LogP contribution in [0.5, 0.6) is 0 Å². The van der Waals surface area contributed by atoms with Crippen LogP contribution >= 0.6 is 11.3 Å². The summed E-state index contributed by atoms with van der Waals surface area (Å²) in [6, 6.07) is 4.32. The molecular formula is C21H38S. The van der Waals surface area contributed by atoms with Crippen LogP contribution in [-0.4, -0.2) is 0 Å². The maximum Gasteiger partial charge on any atom is 0.00828 e. The molecule has 1 aromatic rings. The minimum Gasteiger partial charge on any atom is -0.149 e. The van der Waals surface area contributed by atoms with Crippen molar-refractivity contribution in [2.45, 2.75) is 87.0 Å². The second-order valence-corrected chi connectivity index (χ2v) is 9.14. The van der Waals surface area contributed by atoms with Gasteiger partial charge >= 0.3 is 0 Å². The fourth-order valence-electron chi connectivity index (χ4n) is 1.44. The number of rotatable bonds is 7. The zero-order valence-electron chi connectivity index (χ0n) is 16.0. The second kappa shape index (κ2) is 11.0. The lowest BCUT2D eigenvalue weighted by atomic mass is 9.71. The summed E-state index contributed by atoms with van der Waals surface area (Å²) in [5, 5.41) is 2.14. The molecule has 0 saturated carbocycles. The SMILES string of the molecule is CC(C)(C)C(C)(C)C.CCCCCC/C=C/Cc1cccs1. The predicted molar refractivity (Wildman–Crippen MR) is 105 cm³/mol. The molecule has 0 aliphatic rings. The molecule has 1 aromatic heterocycles.